The van der Waals surface area contributed by atoms with E-state index < -0.39 is 0 Å². The van der Waals surface area contributed by atoms with Gasteiger partial charge in [-0.3, -0.25) is 15.3 Å². The number of aromatic amines is 1. The summed E-state index contributed by atoms with van der Waals surface area (Å²) in [5.74, 6) is -0.234. The number of halogens is 1. The van der Waals surface area contributed by atoms with E-state index in [1.54, 1.807) is 20.0 Å². The van der Waals surface area contributed by atoms with Gasteiger partial charge in [0.25, 0.3) is 5.91 Å². The first kappa shape index (κ1) is 16.1. The Bertz CT molecular complexity index is 886. The molecule has 24 heavy (non-hydrogen) atoms. The van der Waals surface area contributed by atoms with E-state index in [9.17, 15) is 4.79 Å². The largest absolute Gasteiger partial charge is 0.322 e. The van der Waals surface area contributed by atoms with Gasteiger partial charge >= 0.3 is 0 Å². The maximum Gasteiger partial charge on any atom is 0.255 e. The minimum absolute atomic E-state index is 0.0581. The lowest BCUT2D eigenvalue weighted by atomic mass is 10.1. The number of guanidine groups is 1. The van der Waals surface area contributed by atoms with E-state index in [1.165, 1.54) is 4.90 Å². The minimum atomic E-state index is -0.292. The molecule has 10 heteroatoms. The summed E-state index contributed by atoms with van der Waals surface area (Å²) in [7, 11) is 1.66. The molecule has 2 aromatic rings. The van der Waals surface area contributed by atoms with Gasteiger partial charge in [-0.25, -0.2) is 5.01 Å². The summed E-state index contributed by atoms with van der Waals surface area (Å²) in [6.07, 6.45) is 0. The van der Waals surface area contributed by atoms with Crippen LogP contribution in [0.5, 0.6) is 0 Å². The lowest BCUT2D eigenvalue weighted by molar-refractivity contribution is -0.113. The topological polar surface area (TPSA) is 124 Å². The number of carbonyl (C=O) groups excluding carboxylic acids is 1. The van der Waals surface area contributed by atoms with Gasteiger partial charge in [0.15, 0.2) is 0 Å². The number of nitrogens with zero attached hydrogens (tertiary/aromatic N) is 4. The summed E-state index contributed by atoms with van der Waals surface area (Å²) < 4.78 is 0.744. The second-order valence-corrected chi connectivity index (χ2v) is 6.12. The smallest absolute Gasteiger partial charge is 0.255 e. The van der Waals surface area contributed by atoms with Gasteiger partial charge in [-0.1, -0.05) is 5.22 Å². The molecule has 2 heterocycles. The van der Waals surface area contributed by atoms with Crippen LogP contribution >= 0.6 is 15.9 Å². The maximum atomic E-state index is 12.6. The van der Waals surface area contributed by atoms with Crippen molar-refractivity contribution in [3.05, 3.63) is 34.1 Å². The fraction of sp³-hybridized carbons (Fsp3) is 0.214. The van der Waals surface area contributed by atoms with Gasteiger partial charge in [-0.2, -0.15) is 10.6 Å². The van der Waals surface area contributed by atoms with Crippen LogP contribution in [0.4, 0.5) is 5.69 Å². The fourth-order valence-corrected chi connectivity index (χ4v) is 2.86. The summed E-state index contributed by atoms with van der Waals surface area (Å²) >= 11 is 3.37. The highest BCUT2D eigenvalue weighted by Gasteiger charge is 2.28. The first-order chi connectivity index (χ1) is 11.4. The van der Waals surface area contributed by atoms with Crippen molar-refractivity contribution in [2.45, 2.75) is 6.92 Å². The first-order valence-electron chi connectivity index (χ1n) is 7.04. The summed E-state index contributed by atoms with van der Waals surface area (Å²) in [5.41, 5.74) is 9.68. The highest BCUT2D eigenvalue weighted by molar-refractivity contribution is 9.10. The number of allylic oxidation sites excluding steroid dienone is 1. The normalized spacial score (nSPS) is 15.2. The molecular formula is C14H15BrN8O. The second kappa shape index (κ2) is 6.04. The molecule has 1 aromatic heterocycles. The van der Waals surface area contributed by atoms with Crippen LogP contribution in [0.25, 0.3) is 10.9 Å². The highest BCUT2D eigenvalue weighted by atomic mass is 79.9. The molecule has 1 amide bonds. The fourth-order valence-electron chi connectivity index (χ4n) is 2.46. The zero-order chi connectivity index (χ0) is 17.4. The van der Waals surface area contributed by atoms with Gasteiger partial charge < -0.3 is 10.2 Å². The van der Waals surface area contributed by atoms with Crippen LogP contribution in [0, 0.1) is 10.9 Å². The number of H-pyrrole nitrogens is 1. The average Bonchev–Trinajstić information content (AvgIpc) is 2.94. The average molecular weight is 391 g/mol. The monoisotopic (exact) mass is 390 g/mol. The van der Waals surface area contributed by atoms with Gasteiger partial charge in [0.05, 0.1) is 17.6 Å². The molecule has 0 saturated heterocycles. The van der Waals surface area contributed by atoms with Crippen LogP contribution in [0.2, 0.25) is 0 Å². The molecule has 0 aliphatic carbocycles. The van der Waals surface area contributed by atoms with Crippen molar-refractivity contribution >= 4 is 44.4 Å². The summed E-state index contributed by atoms with van der Waals surface area (Å²) in [4.78, 5) is 14.1. The molecule has 0 bridgehead atoms. The Balaban J connectivity index is 1.88. The van der Waals surface area contributed by atoms with Gasteiger partial charge in [0.1, 0.15) is 4.60 Å². The maximum absolute atomic E-state index is 12.6. The van der Waals surface area contributed by atoms with E-state index in [0.717, 1.165) is 20.5 Å². The Hall–Kier alpha value is -2.75. The van der Waals surface area contributed by atoms with Gasteiger partial charge in [0, 0.05) is 23.8 Å². The number of benzene rings is 1. The Morgan fingerprint density at radius 2 is 2.25 bits per heavy atom. The third-order valence-corrected chi connectivity index (χ3v) is 4.57. The zero-order valence-corrected chi connectivity index (χ0v) is 14.6. The van der Waals surface area contributed by atoms with E-state index in [4.69, 9.17) is 10.9 Å². The summed E-state index contributed by atoms with van der Waals surface area (Å²) in [6, 6.07) is 5.39. The van der Waals surface area contributed by atoms with Crippen LogP contribution in [0.1, 0.15) is 6.92 Å². The molecule has 0 unspecified atom stereocenters. The number of hydrogen-bond donors (Lipinski definition) is 4. The molecule has 0 radical (unpaired) electrons. The second-order valence-electron chi connectivity index (χ2n) is 5.33. The number of carbonyl (C=O) groups is 1. The van der Waals surface area contributed by atoms with Crippen molar-refractivity contribution in [3.8, 4) is 0 Å². The van der Waals surface area contributed by atoms with Crippen molar-refractivity contribution in [3.63, 3.8) is 0 Å². The quantitative estimate of drug-likeness (QED) is 0.601. The van der Waals surface area contributed by atoms with Crippen molar-refractivity contribution < 1.29 is 4.79 Å². The molecule has 4 N–H and O–H groups in total. The SMILES string of the molecule is CC1=C(C(=O)Nc2ccc3n[nH]c(Br)c3c2)CN(N=N)C(=N)N1C. The Morgan fingerprint density at radius 1 is 1.50 bits per heavy atom. The van der Waals surface area contributed by atoms with Gasteiger partial charge in [0.2, 0.25) is 5.96 Å². The molecule has 124 valence electrons. The molecule has 0 spiro atoms. The van der Waals surface area contributed by atoms with E-state index >= 15 is 0 Å². The number of amides is 1. The Kier molecular flexibility index (Phi) is 4.06. The molecule has 1 aliphatic rings. The van der Waals surface area contributed by atoms with Crippen LogP contribution in [0.15, 0.2) is 39.3 Å². The number of anilines is 1. The summed E-state index contributed by atoms with van der Waals surface area (Å²) in [5, 5.41) is 23.0. The Labute approximate surface area is 145 Å². The van der Waals surface area contributed by atoms with Crippen LogP contribution < -0.4 is 5.32 Å². The minimum Gasteiger partial charge on any atom is -0.322 e. The van der Waals surface area contributed by atoms with Crippen molar-refractivity contribution in [2.24, 2.45) is 5.22 Å². The molecular weight excluding hydrogens is 376 g/mol. The van der Waals surface area contributed by atoms with Crippen molar-refractivity contribution in [1.82, 2.24) is 20.1 Å². The number of nitrogens with one attached hydrogen (secondary N) is 4. The predicted molar refractivity (Wildman–Crippen MR) is 92.5 cm³/mol. The lowest BCUT2D eigenvalue weighted by Crippen LogP contribution is -2.45. The molecule has 0 fully saturated rings. The lowest BCUT2D eigenvalue weighted by Gasteiger charge is -2.33. The predicted octanol–water partition coefficient (Wildman–Crippen LogP) is 2.67. The highest BCUT2D eigenvalue weighted by Crippen LogP contribution is 2.25. The third kappa shape index (κ3) is 2.64. The molecule has 9 nitrogen and oxygen atoms in total. The molecule has 3 rings (SSSR count). The number of rotatable bonds is 3. The zero-order valence-electron chi connectivity index (χ0n) is 13.0. The van der Waals surface area contributed by atoms with Crippen LogP contribution in [0.3, 0.4) is 0 Å². The first-order valence-corrected chi connectivity index (χ1v) is 7.83. The third-order valence-electron chi connectivity index (χ3n) is 3.97. The Morgan fingerprint density at radius 3 is 2.96 bits per heavy atom. The van der Waals surface area contributed by atoms with E-state index in [-0.39, 0.29) is 18.4 Å². The van der Waals surface area contributed by atoms with Crippen molar-refractivity contribution in [2.75, 3.05) is 18.9 Å². The van der Waals surface area contributed by atoms with Crippen LogP contribution in [-0.2, 0) is 4.79 Å². The number of hydrogen-bond acceptors (Lipinski definition) is 5. The number of aromatic nitrogens is 2. The van der Waals surface area contributed by atoms with Crippen molar-refractivity contribution in [1.29, 1.82) is 10.9 Å². The van der Waals surface area contributed by atoms with Crippen LogP contribution in [-0.4, -0.2) is 45.6 Å². The van der Waals surface area contributed by atoms with E-state index in [1.807, 2.05) is 12.1 Å². The van der Waals surface area contributed by atoms with Gasteiger partial charge in [-0.05, 0) is 41.1 Å². The molecule has 1 aromatic carbocycles. The van der Waals surface area contributed by atoms with E-state index in [0.29, 0.717) is 17.0 Å². The number of fused-ring (bicyclic) bond motifs is 1. The summed E-state index contributed by atoms with van der Waals surface area (Å²) in [6.45, 7) is 1.85. The molecule has 0 saturated carbocycles. The standard InChI is InChI=1S/C14H15BrN8O/c1-7-10(6-23(21-17)14(16)22(7)2)13(24)18-8-3-4-11-9(5-8)12(15)20-19-11/h3-5,16-17H,6H2,1-2H3,(H,18,24)(H,19,20). The van der Waals surface area contributed by atoms with Gasteiger partial charge in [-0.15, -0.1) is 0 Å². The molecule has 1 aliphatic heterocycles. The van der Waals surface area contributed by atoms with E-state index in [2.05, 4.69) is 36.7 Å². The molecule has 0 atom stereocenters.